The lowest BCUT2D eigenvalue weighted by Crippen LogP contribution is -2.39. The van der Waals surface area contributed by atoms with Gasteiger partial charge >= 0.3 is 12.4 Å². The third-order valence-corrected chi connectivity index (χ3v) is 4.03. The second-order valence-electron chi connectivity index (χ2n) is 5.18. The molecule has 0 atom stereocenters. The number of guanidine groups is 1. The molecule has 0 saturated heterocycles. The Bertz CT molecular complexity index is 811. The molecule has 0 aliphatic rings. The second-order valence-corrected chi connectivity index (χ2v) is 6.12. The maximum absolute atomic E-state index is 12.8. The highest BCUT2D eigenvalue weighted by molar-refractivity contribution is 14.0. The summed E-state index contributed by atoms with van der Waals surface area (Å²) < 4.78 is 81.1. The van der Waals surface area contributed by atoms with Gasteiger partial charge < -0.3 is 15.4 Å². The zero-order valence-corrected chi connectivity index (χ0v) is 17.9. The number of halogens is 7. The van der Waals surface area contributed by atoms with E-state index in [-0.39, 0.29) is 54.6 Å². The van der Waals surface area contributed by atoms with Gasteiger partial charge in [-0.2, -0.15) is 26.3 Å². The molecule has 162 valence electrons. The molecule has 6 nitrogen and oxygen atoms in total. The van der Waals surface area contributed by atoms with Crippen molar-refractivity contribution in [2.75, 3.05) is 20.2 Å². The van der Waals surface area contributed by atoms with Gasteiger partial charge in [-0.25, -0.2) is 9.97 Å². The summed E-state index contributed by atoms with van der Waals surface area (Å²) in [5.41, 5.74) is -1.96. The molecule has 0 amide bonds. The number of thiazole rings is 1. The third-order valence-electron chi connectivity index (χ3n) is 3.18. The standard InChI is InChI=1S/C15H15F6N5OS.HI/c1-22-13(25-7-11-26-10(8-28-11)15(19,20)21)24-5-6-27-12-9(14(16,17)18)3-2-4-23-12;/h2-4,8H,5-7H2,1H3,(H2,22,24,25);1H. The van der Waals surface area contributed by atoms with Gasteiger partial charge in [-0.15, -0.1) is 35.3 Å². The van der Waals surface area contributed by atoms with Gasteiger partial charge in [-0.3, -0.25) is 4.99 Å². The smallest absolute Gasteiger partial charge is 0.434 e. The van der Waals surface area contributed by atoms with Crippen LogP contribution in [0.5, 0.6) is 5.88 Å². The van der Waals surface area contributed by atoms with Crippen LogP contribution in [0.4, 0.5) is 26.3 Å². The minimum absolute atomic E-state index is 0. The first-order valence-corrected chi connectivity index (χ1v) is 8.60. The van der Waals surface area contributed by atoms with E-state index in [1.54, 1.807) is 0 Å². The van der Waals surface area contributed by atoms with Crippen molar-refractivity contribution in [3.8, 4) is 5.88 Å². The van der Waals surface area contributed by atoms with E-state index in [0.29, 0.717) is 0 Å². The summed E-state index contributed by atoms with van der Waals surface area (Å²) in [5.74, 6) is -0.313. The van der Waals surface area contributed by atoms with Gasteiger partial charge in [0.05, 0.1) is 13.1 Å². The highest BCUT2D eigenvalue weighted by atomic mass is 127. The second kappa shape index (κ2) is 10.8. The molecule has 0 aliphatic carbocycles. The Labute approximate surface area is 182 Å². The molecular formula is C15H16F6IN5OS. The molecular weight excluding hydrogens is 539 g/mol. The molecule has 0 aliphatic heterocycles. The number of aliphatic imine (C=N–C) groups is 1. The van der Waals surface area contributed by atoms with E-state index >= 15 is 0 Å². The number of hydrogen-bond donors (Lipinski definition) is 2. The molecule has 0 fully saturated rings. The number of alkyl halides is 6. The van der Waals surface area contributed by atoms with Gasteiger partial charge in [0.1, 0.15) is 17.2 Å². The molecule has 0 saturated carbocycles. The summed E-state index contributed by atoms with van der Waals surface area (Å²) in [6.45, 7) is -0.0603. The molecule has 0 radical (unpaired) electrons. The highest BCUT2D eigenvalue weighted by Crippen LogP contribution is 2.34. The van der Waals surface area contributed by atoms with Crippen LogP contribution in [0.2, 0.25) is 0 Å². The van der Waals surface area contributed by atoms with Crippen LogP contribution in [0.1, 0.15) is 16.3 Å². The molecule has 2 N–H and O–H groups in total. The van der Waals surface area contributed by atoms with Gasteiger partial charge in [0.2, 0.25) is 5.88 Å². The first-order valence-electron chi connectivity index (χ1n) is 7.72. The number of ether oxygens (including phenoxy) is 1. The van der Waals surface area contributed by atoms with E-state index in [2.05, 4.69) is 25.6 Å². The summed E-state index contributed by atoms with van der Waals surface area (Å²) in [6, 6.07) is 2.02. The van der Waals surface area contributed by atoms with E-state index in [4.69, 9.17) is 4.74 Å². The Hall–Kier alpha value is -1.84. The van der Waals surface area contributed by atoms with E-state index in [1.807, 2.05) is 0 Å². The molecule has 14 heteroatoms. The topological polar surface area (TPSA) is 71.4 Å². The minimum Gasteiger partial charge on any atom is -0.475 e. The van der Waals surface area contributed by atoms with E-state index in [9.17, 15) is 26.3 Å². The minimum atomic E-state index is -4.59. The maximum Gasteiger partial charge on any atom is 0.434 e. The molecule has 0 spiro atoms. The molecule has 0 bridgehead atoms. The van der Waals surface area contributed by atoms with E-state index in [0.717, 1.165) is 28.8 Å². The van der Waals surface area contributed by atoms with Crippen LogP contribution in [0, 0.1) is 0 Å². The fraction of sp³-hybridized carbons (Fsp3) is 0.400. The van der Waals surface area contributed by atoms with Crippen molar-refractivity contribution in [1.82, 2.24) is 20.6 Å². The van der Waals surface area contributed by atoms with Crippen molar-refractivity contribution < 1.29 is 31.1 Å². The zero-order chi connectivity index (χ0) is 20.8. The zero-order valence-electron chi connectivity index (χ0n) is 14.8. The summed E-state index contributed by atoms with van der Waals surface area (Å²) in [4.78, 5) is 10.9. The van der Waals surface area contributed by atoms with Crippen LogP contribution in [-0.2, 0) is 18.9 Å². The number of aromatic nitrogens is 2. The molecule has 2 aromatic heterocycles. The van der Waals surface area contributed by atoms with Crippen LogP contribution in [0.25, 0.3) is 0 Å². The summed E-state index contributed by atoms with van der Waals surface area (Å²) in [7, 11) is 1.43. The Morgan fingerprint density at radius 1 is 1.17 bits per heavy atom. The van der Waals surface area contributed by atoms with Crippen molar-refractivity contribution >= 4 is 41.3 Å². The molecule has 0 aromatic carbocycles. The molecule has 2 rings (SSSR count). The van der Waals surface area contributed by atoms with Crippen molar-refractivity contribution in [3.05, 3.63) is 40.0 Å². The van der Waals surface area contributed by atoms with Gasteiger partial charge in [0.15, 0.2) is 11.7 Å². The fourth-order valence-corrected chi connectivity index (χ4v) is 2.68. The van der Waals surface area contributed by atoms with E-state index < -0.39 is 29.5 Å². The van der Waals surface area contributed by atoms with Gasteiger partial charge in [0, 0.05) is 18.6 Å². The first kappa shape index (κ1) is 25.2. The maximum atomic E-state index is 12.8. The summed E-state index contributed by atoms with van der Waals surface area (Å²) >= 11 is 0.843. The lowest BCUT2D eigenvalue weighted by atomic mass is 10.2. The summed E-state index contributed by atoms with van der Waals surface area (Å²) in [5, 5.41) is 6.63. The third kappa shape index (κ3) is 7.83. The predicted molar refractivity (Wildman–Crippen MR) is 105 cm³/mol. The number of pyridine rings is 1. The average Bonchev–Trinajstić information content (AvgIpc) is 3.10. The number of nitrogens with one attached hydrogen (secondary N) is 2. The molecule has 2 heterocycles. The first-order chi connectivity index (χ1) is 13.1. The van der Waals surface area contributed by atoms with Crippen LogP contribution in [-0.4, -0.2) is 36.1 Å². The van der Waals surface area contributed by atoms with Crippen molar-refractivity contribution in [2.45, 2.75) is 18.9 Å². The van der Waals surface area contributed by atoms with Crippen LogP contribution < -0.4 is 15.4 Å². The van der Waals surface area contributed by atoms with Crippen LogP contribution in [0.15, 0.2) is 28.7 Å². The Balaban J connectivity index is 0.00000420. The molecule has 0 unspecified atom stereocenters. The number of nitrogens with zero attached hydrogens (tertiary/aromatic N) is 3. The molecule has 29 heavy (non-hydrogen) atoms. The molecule has 2 aromatic rings. The van der Waals surface area contributed by atoms with Crippen molar-refractivity contribution in [1.29, 1.82) is 0 Å². The monoisotopic (exact) mass is 555 g/mol. The van der Waals surface area contributed by atoms with Gasteiger partial charge in [-0.1, -0.05) is 0 Å². The highest BCUT2D eigenvalue weighted by Gasteiger charge is 2.35. The normalized spacial score (nSPS) is 12.3. The van der Waals surface area contributed by atoms with Gasteiger partial charge in [-0.05, 0) is 12.1 Å². The average molecular weight is 555 g/mol. The fourth-order valence-electron chi connectivity index (χ4n) is 1.94. The quantitative estimate of drug-likeness (QED) is 0.186. The van der Waals surface area contributed by atoms with E-state index in [1.165, 1.54) is 13.2 Å². The van der Waals surface area contributed by atoms with Crippen LogP contribution in [0.3, 0.4) is 0 Å². The lowest BCUT2D eigenvalue weighted by Gasteiger charge is -2.14. The predicted octanol–water partition coefficient (Wildman–Crippen LogP) is 3.94. The Morgan fingerprint density at radius 3 is 2.48 bits per heavy atom. The summed E-state index contributed by atoms with van der Waals surface area (Å²) in [6.07, 6.45) is -7.91. The Kier molecular flexibility index (Phi) is 9.38. The number of hydrogen-bond acceptors (Lipinski definition) is 5. The van der Waals surface area contributed by atoms with Crippen molar-refractivity contribution in [3.63, 3.8) is 0 Å². The van der Waals surface area contributed by atoms with Crippen LogP contribution >= 0.6 is 35.3 Å². The largest absolute Gasteiger partial charge is 0.475 e. The lowest BCUT2D eigenvalue weighted by molar-refractivity contribution is -0.141. The van der Waals surface area contributed by atoms with Crippen molar-refractivity contribution in [2.24, 2.45) is 4.99 Å². The SMILES string of the molecule is CN=C(NCCOc1ncccc1C(F)(F)F)NCc1nc(C(F)(F)F)cs1.I. The van der Waals surface area contributed by atoms with Gasteiger partial charge in [0.25, 0.3) is 0 Å². The Morgan fingerprint density at radius 2 is 1.90 bits per heavy atom. The number of rotatable bonds is 6.